The van der Waals surface area contributed by atoms with Crippen LogP contribution in [0.1, 0.15) is 11.1 Å². The summed E-state index contributed by atoms with van der Waals surface area (Å²) in [6.45, 7) is 3.25. The molecule has 0 radical (unpaired) electrons. The van der Waals surface area contributed by atoms with Crippen molar-refractivity contribution < 1.29 is 14.6 Å². The van der Waals surface area contributed by atoms with Crippen molar-refractivity contribution in [3.63, 3.8) is 0 Å². The first-order chi connectivity index (χ1) is 12.3. The predicted molar refractivity (Wildman–Crippen MR) is 92.3 cm³/mol. The molecule has 2 aromatic carbocycles. The van der Waals surface area contributed by atoms with Crippen molar-refractivity contribution in [2.75, 3.05) is 5.43 Å². The molecule has 26 heavy (non-hydrogen) atoms. The Labute approximate surface area is 147 Å². The number of hydrogen-bond donors (Lipinski definition) is 2. The molecule has 0 bridgehead atoms. The molecule has 0 aliphatic rings. The monoisotopic (exact) mass is 358 g/mol. The highest BCUT2D eigenvalue weighted by Gasteiger charge is 2.09. The highest BCUT2D eigenvalue weighted by molar-refractivity contribution is 5.76. The largest absolute Gasteiger partial charge is 0.378 e. The average molecular weight is 358 g/mol. The Balaban J connectivity index is 2.00. The lowest BCUT2D eigenvalue weighted by Gasteiger charge is -2.08. The molecule has 0 unspecified atom stereocenters. The number of urea groups is 1. The summed E-state index contributed by atoms with van der Waals surface area (Å²) in [5.41, 5.74) is 6.56. The number of hydrazine groups is 1. The molecule has 11 heteroatoms. The van der Waals surface area contributed by atoms with E-state index in [4.69, 9.17) is 0 Å². The van der Waals surface area contributed by atoms with Gasteiger partial charge < -0.3 is 0 Å². The average Bonchev–Trinajstić information content (AvgIpc) is 2.59. The number of aryl methyl sites for hydroxylation is 2. The SMILES string of the molecule is Cc1cc([N+](=O)[O-])ccc1N=NC(=O)NNc1ccc([N+](=O)[O-])cc1C. The normalized spacial score (nSPS) is 10.5. The van der Waals surface area contributed by atoms with E-state index in [2.05, 4.69) is 21.1 Å². The van der Waals surface area contributed by atoms with E-state index < -0.39 is 15.9 Å². The number of carbonyl (C=O) groups excluding carboxylic acids is 1. The topological polar surface area (TPSA) is 152 Å². The summed E-state index contributed by atoms with van der Waals surface area (Å²) in [6, 6.07) is 7.27. The molecule has 2 aromatic rings. The van der Waals surface area contributed by atoms with Crippen molar-refractivity contribution in [1.82, 2.24) is 5.43 Å². The highest BCUT2D eigenvalue weighted by atomic mass is 16.6. The summed E-state index contributed by atoms with van der Waals surface area (Å²) >= 11 is 0. The van der Waals surface area contributed by atoms with Crippen LogP contribution in [0.5, 0.6) is 0 Å². The lowest BCUT2D eigenvalue weighted by Crippen LogP contribution is -2.26. The second kappa shape index (κ2) is 7.79. The van der Waals surface area contributed by atoms with Crippen LogP contribution >= 0.6 is 0 Å². The molecule has 0 aliphatic carbocycles. The molecule has 0 heterocycles. The number of anilines is 1. The number of carbonyl (C=O) groups is 1. The number of benzene rings is 2. The zero-order chi connectivity index (χ0) is 19.3. The van der Waals surface area contributed by atoms with E-state index in [9.17, 15) is 25.0 Å². The highest BCUT2D eigenvalue weighted by Crippen LogP contribution is 2.24. The number of nitrogens with zero attached hydrogens (tertiary/aromatic N) is 4. The smallest absolute Gasteiger partial charge is 0.297 e. The number of hydrogen-bond acceptors (Lipinski definition) is 7. The number of azo groups is 1. The summed E-state index contributed by atoms with van der Waals surface area (Å²) in [4.78, 5) is 32.0. The molecular formula is C15H14N6O5. The first kappa shape index (κ1) is 18.4. The van der Waals surface area contributed by atoms with E-state index in [1.165, 1.54) is 36.4 Å². The van der Waals surface area contributed by atoms with Gasteiger partial charge in [-0.3, -0.25) is 25.7 Å². The van der Waals surface area contributed by atoms with E-state index in [1.807, 2.05) is 0 Å². The quantitative estimate of drug-likeness (QED) is 0.469. The van der Waals surface area contributed by atoms with E-state index >= 15 is 0 Å². The van der Waals surface area contributed by atoms with Gasteiger partial charge >= 0.3 is 6.03 Å². The van der Waals surface area contributed by atoms with Gasteiger partial charge in [0, 0.05) is 24.3 Å². The van der Waals surface area contributed by atoms with Crippen molar-refractivity contribution in [2.24, 2.45) is 10.2 Å². The van der Waals surface area contributed by atoms with Gasteiger partial charge in [0.1, 0.15) is 0 Å². The molecule has 0 saturated carbocycles. The summed E-state index contributed by atoms with van der Waals surface area (Å²) in [5, 5.41) is 28.6. The molecule has 2 N–H and O–H groups in total. The van der Waals surface area contributed by atoms with Crippen LogP contribution < -0.4 is 10.9 Å². The number of rotatable bonds is 5. The Kier molecular flexibility index (Phi) is 5.53. The van der Waals surface area contributed by atoms with Crippen LogP contribution in [-0.2, 0) is 0 Å². The number of nitro groups is 2. The fraction of sp³-hybridized carbons (Fsp3) is 0.133. The minimum Gasteiger partial charge on any atom is -0.297 e. The van der Waals surface area contributed by atoms with Gasteiger partial charge in [-0.1, -0.05) is 5.11 Å². The zero-order valence-corrected chi connectivity index (χ0v) is 13.8. The Morgan fingerprint density at radius 3 is 2.08 bits per heavy atom. The maximum atomic E-state index is 11.7. The molecule has 0 fully saturated rings. The Morgan fingerprint density at radius 1 is 0.962 bits per heavy atom. The van der Waals surface area contributed by atoms with E-state index in [0.717, 1.165) is 0 Å². The predicted octanol–water partition coefficient (Wildman–Crippen LogP) is 3.94. The molecule has 0 aliphatic heterocycles. The van der Waals surface area contributed by atoms with E-state index in [0.29, 0.717) is 22.5 Å². The van der Waals surface area contributed by atoms with Crippen molar-refractivity contribution in [2.45, 2.75) is 13.8 Å². The van der Waals surface area contributed by atoms with Gasteiger partial charge in [-0.2, -0.15) is 0 Å². The molecule has 2 rings (SSSR count). The second-order valence-corrected chi connectivity index (χ2v) is 5.24. The van der Waals surface area contributed by atoms with E-state index in [1.54, 1.807) is 13.8 Å². The van der Waals surface area contributed by atoms with Crippen molar-refractivity contribution in [3.8, 4) is 0 Å². The third-order valence-corrected chi connectivity index (χ3v) is 3.36. The first-order valence-corrected chi connectivity index (χ1v) is 7.25. The van der Waals surface area contributed by atoms with Crippen LogP contribution in [0.25, 0.3) is 0 Å². The van der Waals surface area contributed by atoms with Crippen molar-refractivity contribution in [1.29, 1.82) is 0 Å². The zero-order valence-electron chi connectivity index (χ0n) is 13.8. The van der Waals surface area contributed by atoms with Crippen LogP contribution in [0.15, 0.2) is 46.6 Å². The molecule has 0 spiro atoms. The maximum Gasteiger partial charge on any atom is 0.378 e. The molecule has 0 saturated heterocycles. The lowest BCUT2D eigenvalue weighted by molar-refractivity contribution is -0.385. The Hall–Kier alpha value is -3.89. The third kappa shape index (κ3) is 4.56. The number of nitro benzene ring substituents is 2. The van der Waals surface area contributed by atoms with Crippen LogP contribution in [0.3, 0.4) is 0 Å². The van der Waals surface area contributed by atoms with Gasteiger partial charge in [-0.25, -0.2) is 10.2 Å². The second-order valence-electron chi connectivity index (χ2n) is 5.24. The van der Waals surface area contributed by atoms with Gasteiger partial charge in [0.15, 0.2) is 0 Å². The summed E-state index contributed by atoms with van der Waals surface area (Å²) < 4.78 is 0. The summed E-state index contributed by atoms with van der Waals surface area (Å²) in [7, 11) is 0. The standard InChI is InChI=1S/C15H14N6O5/c1-9-7-11(20(23)24)3-5-13(9)16-18-15(22)19-17-14-6-4-12(21(25)26)8-10(14)2/h3-8,16H,1-2H3,(H,18,22). The third-order valence-electron chi connectivity index (χ3n) is 3.36. The van der Waals surface area contributed by atoms with Crippen LogP contribution in [0, 0.1) is 34.1 Å². The van der Waals surface area contributed by atoms with Crippen LogP contribution in [0.2, 0.25) is 0 Å². The minimum atomic E-state index is -0.805. The molecule has 0 aromatic heterocycles. The minimum absolute atomic E-state index is 0.0623. The van der Waals surface area contributed by atoms with Crippen molar-refractivity contribution in [3.05, 3.63) is 67.8 Å². The van der Waals surface area contributed by atoms with Gasteiger partial charge in [0.25, 0.3) is 11.4 Å². The van der Waals surface area contributed by atoms with Crippen molar-refractivity contribution >= 4 is 28.8 Å². The Bertz CT molecular complexity index is 911. The molecular weight excluding hydrogens is 344 g/mol. The fourth-order valence-corrected chi connectivity index (χ4v) is 2.01. The molecule has 0 atom stereocenters. The summed E-state index contributed by atoms with van der Waals surface area (Å²) in [6.07, 6.45) is 0. The lowest BCUT2D eigenvalue weighted by atomic mass is 10.2. The van der Waals surface area contributed by atoms with Gasteiger partial charge in [0.2, 0.25) is 0 Å². The molecule has 2 amide bonds. The van der Waals surface area contributed by atoms with Crippen LogP contribution in [-0.4, -0.2) is 15.9 Å². The van der Waals surface area contributed by atoms with Gasteiger partial charge in [-0.15, -0.1) is 5.11 Å². The Morgan fingerprint density at radius 2 is 1.54 bits per heavy atom. The fourth-order valence-electron chi connectivity index (χ4n) is 2.01. The molecule has 134 valence electrons. The number of non-ortho nitro benzene ring substituents is 2. The number of amides is 2. The van der Waals surface area contributed by atoms with E-state index in [-0.39, 0.29) is 11.4 Å². The number of nitrogens with one attached hydrogen (secondary N) is 2. The summed E-state index contributed by atoms with van der Waals surface area (Å²) in [5.74, 6) is 0. The first-order valence-electron chi connectivity index (χ1n) is 7.25. The van der Waals surface area contributed by atoms with Gasteiger partial charge in [0.05, 0.1) is 21.2 Å². The van der Waals surface area contributed by atoms with Gasteiger partial charge in [-0.05, 0) is 37.1 Å². The van der Waals surface area contributed by atoms with Crippen LogP contribution in [0.4, 0.5) is 27.5 Å². The molecule has 11 nitrogen and oxygen atoms in total. The maximum absolute atomic E-state index is 11.7.